The Bertz CT molecular complexity index is 603. The Morgan fingerprint density at radius 1 is 1.35 bits per heavy atom. The second-order valence-electron chi connectivity index (χ2n) is 3.74. The van der Waals surface area contributed by atoms with Crippen LogP contribution >= 0.6 is 0 Å². The van der Waals surface area contributed by atoms with Crippen molar-refractivity contribution in [1.82, 2.24) is 10.2 Å². The molecule has 1 atom stereocenters. The highest BCUT2D eigenvalue weighted by Gasteiger charge is 2.17. The molecule has 0 aliphatic heterocycles. The summed E-state index contributed by atoms with van der Waals surface area (Å²) < 4.78 is 0. The number of nitrogens with one attached hydrogen (secondary N) is 1. The van der Waals surface area contributed by atoms with Gasteiger partial charge in [-0.05, 0) is 24.6 Å². The van der Waals surface area contributed by atoms with Crippen LogP contribution in [-0.4, -0.2) is 32.3 Å². The van der Waals surface area contributed by atoms with E-state index in [0.717, 1.165) is 0 Å². The number of nitrogens with zero attached hydrogens (tertiary/aromatic N) is 1. The molecule has 0 amide bonds. The van der Waals surface area contributed by atoms with Crippen molar-refractivity contribution in [3.05, 3.63) is 29.5 Å². The average Bonchev–Trinajstić information content (AvgIpc) is 2.70. The lowest BCUT2D eigenvalue weighted by molar-refractivity contribution is -0.138. The Hall–Kier alpha value is -2.37. The summed E-state index contributed by atoms with van der Waals surface area (Å²) >= 11 is 0. The number of hydrogen-bond acceptors (Lipinski definition) is 3. The van der Waals surface area contributed by atoms with Gasteiger partial charge in [0.15, 0.2) is 5.69 Å². The normalized spacial score (nSPS) is 12.5. The molecule has 1 heterocycles. The fraction of sp³-hybridized carbons (Fsp3) is 0.182. The number of H-pyrrole nitrogens is 1. The Morgan fingerprint density at radius 3 is 2.65 bits per heavy atom. The molecule has 3 N–H and O–H groups in total. The molecule has 1 aromatic carbocycles. The number of carbonyl (C=O) groups is 2. The molecule has 2 rings (SSSR count). The van der Waals surface area contributed by atoms with Gasteiger partial charge in [0, 0.05) is 5.39 Å². The van der Waals surface area contributed by atoms with Crippen LogP contribution in [0.15, 0.2) is 18.2 Å². The molecule has 0 fully saturated rings. The van der Waals surface area contributed by atoms with Crippen molar-refractivity contribution < 1.29 is 19.8 Å². The Labute approximate surface area is 95.9 Å². The molecule has 6 nitrogen and oxygen atoms in total. The van der Waals surface area contributed by atoms with E-state index in [1.54, 1.807) is 25.1 Å². The van der Waals surface area contributed by atoms with Crippen LogP contribution in [0.5, 0.6) is 0 Å². The van der Waals surface area contributed by atoms with Crippen molar-refractivity contribution >= 4 is 22.8 Å². The second kappa shape index (κ2) is 3.89. The minimum absolute atomic E-state index is 0.0977. The molecule has 0 saturated heterocycles. The maximum atomic E-state index is 10.9. The molecule has 1 aromatic heterocycles. The molecule has 2 aromatic rings. The van der Waals surface area contributed by atoms with Gasteiger partial charge in [-0.15, -0.1) is 0 Å². The van der Waals surface area contributed by atoms with Gasteiger partial charge in [-0.25, -0.2) is 4.79 Å². The average molecular weight is 234 g/mol. The first kappa shape index (κ1) is 11.1. The van der Waals surface area contributed by atoms with Crippen LogP contribution in [-0.2, 0) is 4.79 Å². The maximum Gasteiger partial charge on any atom is 0.357 e. The number of hydrogen-bond donors (Lipinski definition) is 3. The number of aromatic amines is 1. The maximum absolute atomic E-state index is 10.9. The first-order valence-corrected chi connectivity index (χ1v) is 4.95. The predicted octanol–water partition coefficient (Wildman–Crippen LogP) is 1.45. The molecule has 6 heteroatoms. The fourth-order valence-electron chi connectivity index (χ4n) is 1.61. The smallest absolute Gasteiger partial charge is 0.357 e. The lowest BCUT2D eigenvalue weighted by Gasteiger charge is -2.06. The van der Waals surface area contributed by atoms with E-state index in [1.165, 1.54) is 0 Å². The van der Waals surface area contributed by atoms with E-state index in [0.29, 0.717) is 16.5 Å². The number of aliphatic carboxylic acids is 1. The highest BCUT2D eigenvalue weighted by molar-refractivity contribution is 6.01. The van der Waals surface area contributed by atoms with Crippen molar-refractivity contribution in [3.63, 3.8) is 0 Å². The van der Waals surface area contributed by atoms with Crippen LogP contribution in [0.1, 0.15) is 28.9 Å². The summed E-state index contributed by atoms with van der Waals surface area (Å²) in [5.41, 5.74) is 1.03. The zero-order chi connectivity index (χ0) is 12.6. The highest BCUT2D eigenvalue weighted by atomic mass is 16.4. The lowest BCUT2D eigenvalue weighted by atomic mass is 9.99. The molecule has 0 saturated carbocycles. The zero-order valence-electron chi connectivity index (χ0n) is 8.97. The third kappa shape index (κ3) is 1.84. The van der Waals surface area contributed by atoms with Gasteiger partial charge in [-0.2, -0.15) is 5.10 Å². The largest absolute Gasteiger partial charge is 0.481 e. The number of rotatable bonds is 3. The Morgan fingerprint density at radius 2 is 2.06 bits per heavy atom. The van der Waals surface area contributed by atoms with E-state index in [-0.39, 0.29) is 5.69 Å². The summed E-state index contributed by atoms with van der Waals surface area (Å²) in [6.45, 7) is 1.55. The van der Waals surface area contributed by atoms with Crippen LogP contribution in [0.25, 0.3) is 10.9 Å². The molecule has 0 radical (unpaired) electrons. The molecule has 0 spiro atoms. The van der Waals surface area contributed by atoms with Gasteiger partial charge in [0.25, 0.3) is 0 Å². The minimum Gasteiger partial charge on any atom is -0.481 e. The number of benzene rings is 1. The molecule has 0 aliphatic carbocycles. The number of carboxylic acid groups (broad SMARTS) is 2. The van der Waals surface area contributed by atoms with Gasteiger partial charge in [0.1, 0.15) is 0 Å². The minimum atomic E-state index is -1.14. The van der Waals surface area contributed by atoms with E-state index >= 15 is 0 Å². The molecule has 0 bridgehead atoms. The number of carboxylic acids is 2. The van der Waals surface area contributed by atoms with E-state index in [4.69, 9.17) is 10.2 Å². The molecule has 0 aliphatic rings. The van der Waals surface area contributed by atoms with E-state index in [1.807, 2.05) is 0 Å². The fourth-order valence-corrected chi connectivity index (χ4v) is 1.61. The van der Waals surface area contributed by atoms with Crippen molar-refractivity contribution in [2.24, 2.45) is 0 Å². The summed E-state index contributed by atoms with van der Waals surface area (Å²) in [6, 6.07) is 4.82. The number of aromatic nitrogens is 2. The highest BCUT2D eigenvalue weighted by Crippen LogP contribution is 2.23. The topological polar surface area (TPSA) is 103 Å². The summed E-state index contributed by atoms with van der Waals surface area (Å²) in [5, 5.41) is 24.5. The van der Waals surface area contributed by atoms with Gasteiger partial charge in [0.05, 0.1) is 11.4 Å². The summed E-state index contributed by atoms with van der Waals surface area (Å²) in [5.74, 6) is -2.78. The van der Waals surface area contributed by atoms with E-state index < -0.39 is 17.9 Å². The lowest BCUT2D eigenvalue weighted by Crippen LogP contribution is -2.07. The summed E-state index contributed by atoms with van der Waals surface area (Å²) in [6.07, 6.45) is 0. The number of aromatic carboxylic acids is 1. The molecule has 17 heavy (non-hydrogen) atoms. The predicted molar refractivity (Wildman–Crippen MR) is 59.1 cm³/mol. The Balaban J connectivity index is 2.59. The third-order valence-electron chi connectivity index (χ3n) is 2.66. The standard InChI is InChI=1S/C11H10N2O4/c1-5(10(14)15)6-2-3-8-7(4-6)9(11(16)17)13-12-8/h2-5H,1H3,(H,12,13)(H,14,15)(H,16,17). The first-order valence-electron chi connectivity index (χ1n) is 4.95. The van der Waals surface area contributed by atoms with Gasteiger partial charge in [-0.1, -0.05) is 6.07 Å². The third-order valence-corrected chi connectivity index (χ3v) is 2.66. The monoisotopic (exact) mass is 234 g/mol. The summed E-state index contributed by atoms with van der Waals surface area (Å²) in [4.78, 5) is 21.7. The zero-order valence-corrected chi connectivity index (χ0v) is 8.97. The molecular weight excluding hydrogens is 224 g/mol. The first-order chi connectivity index (χ1) is 8.00. The van der Waals surface area contributed by atoms with Crippen LogP contribution in [0.2, 0.25) is 0 Å². The van der Waals surface area contributed by atoms with Crippen molar-refractivity contribution in [3.8, 4) is 0 Å². The second-order valence-corrected chi connectivity index (χ2v) is 3.74. The summed E-state index contributed by atoms with van der Waals surface area (Å²) in [7, 11) is 0. The van der Waals surface area contributed by atoms with Crippen molar-refractivity contribution in [1.29, 1.82) is 0 Å². The van der Waals surface area contributed by atoms with Crippen molar-refractivity contribution in [2.45, 2.75) is 12.8 Å². The quantitative estimate of drug-likeness (QED) is 0.745. The molecule has 1 unspecified atom stereocenters. The van der Waals surface area contributed by atoms with E-state index in [9.17, 15) is 9.59 Å². The van der Waals surface area contributed by atoms with Crippen LogP contribution < -0.4 is 0 Å². The van der Waals surface area contributed by atoms with Gasteiger partial charge >= 0.3 is 11.9 Å². The SMILES string of the molecule is CC(C(=O)O)c1ccc2[nH]nc(C(=O)O)c2c1. The molecular formula is C11H10N2O4. The van der Waals surface area contributed by atoms with Gasteiger partial charge in [0.2, 0.25) is 0 Å². The number of fused-ring (bicyclic) bond motifs is 1. The van der Waals surface area contributed by atoms with Gasteiger partial charge in [-0.3, -0.25) is 9.89 Å². The van der Waals surface area contributed by atoms with Gasteiger partial charge < -0.3 is 10.2 Å². The van der Waals surface area contributed by atoms with E-state index in [2.05, 4.69) is 10.2 Å². The van der Waals surface area contributed by atoms with Crippen LogP contribution in [0.3, 0.4) is 0 Å². The van der Waals surface area contributed by atoms with Crippen molar-refractivity contribution in [2.75, 3.05) is 0 Å². The molecule has 88 valence electrons. The van der Waals surface area contributed by atoms with Crippen LogP contribution in [0, 0.1) is 0 Å². The Kier molecular flexibility index (Phi) is 2.55. The van der Waals surface area contributed by atoms with Crippen LogP contribution in [0.4, 0.5) is 0 Å².